The zero-order valence-corrected chi connectivity index (χ0v) is 50.8. The Morgan fingerprint density at radius 2 is 0.573 bits per heavy atom. The Hall–Kier alpha value is -1.21. The monoisotopic (exact) mass is 1060 g/mol. The van der Waals surface area contributed by atoms with Crippen LogP contribution in [-0.4, -0.2) is 57.3 Å². The van der Waals surface area contributed by atoms with E-state index in [1.54, 1.807) is 0 Å². The molecule has 446 valence electrons. The maximum atomic E-state index is 12.7. The Morgan fingerprint density at radius 3 is 0.840 bits per heavy atom. The Kier molecular flexibility index (Phi) is 62.6. The lowest BCUT2D eigenvalue weighted by atomic mass is 9.99. The summed E-state index contributed by atoms with van der Waals surface area (Å²) >= 11 is 0. The Balaban J connectivity index is 3.55. The summed E-state index contributed by atoms with van der Waals surface area (Å²) in [6, 6.07) is -0.987. The third-order valence-electron chi connectivity index (χ3n) is 16.4. The van der Waals surface area contributed by atoms with Gasteiger partial charge in [-0.25, -0.2) is 0 Å². The third-order valence-corrected chi connectivity index (χ3v) is 16.4. The van der Waals surface area contributed by atoms with Crippen LogP contribution >= 0.6 is 0 Å². The van der Waals surface area contributed by atoms with Gasteiger partial charge in [-0.2, -0.15) is 0 Å². The molecule has 1 amide bonds. The molecule has 0 aliphatic heterocycles. The third kappa shape index (κ3) is 57.3. The Bertz CT molecular complexity index is 1140. The molecule has 0 bridgehead atoms. The van der Waals surface area contributed by atoms with Gasteiger partial charge in [-0.1, -0.05) is 359 Å². The van der Waals surface area contributed by atoms with Gasteiger partial charge < -0.3 is 25.7 Å². The van der Waals surface area contributed by atoms with E-state index in [2.05, 4.69) is 43.5 Å². The molecule has 0 saturated carbocycles. The van der Waals surface area contributed by atoms with Crippen LogP contribution in [0, 0.1) is 0 Å². The average molecular weight is 1060 g/mol. The highest BCUT2D eigenvalue weighted by molar-refractivity contribution is 5.80. The van der Waals surface area contributed by atoms with Gasteiger partial charge in [0.15, 0.2) is 0 Å². The van der Waals surface area contributed by atoms with Crippen LogP contribution in [-0.2, 0) is 4.79 Å². The van der Waals surface area contributed by atoms with E-state index in [1.165, 1.54) is 308 Å². The summed E-state index contributed by atoms with van der Waals surface area (Å²) in [5.41, 5.74) is 0. The predicted molar refractivity (Wildman–Crippen MR) is 330 cm³/mol. The summed E-state index contributed by atoms with van der Waals surface area (Å²) in [5.74, 6) is -0.578. The van der Waals surface area contributed by atoms with E-state index in [4.69, 9.17) is 0 Å². The van der Waals surface area contributed by atoms with E-state index in [0.717, 1.165) is 44.9 Å². The highest BCUT2D eigenvalue weighted by Crippen LogP contribution is 2.19. The van der Waals surface area contributed by atoms with E-state index in [1.807, 2.05) is 0 Å². The van der Waals surface area contributed by atoms with Crippen LogP contribution < -0.4 is 5.32 Å². The summed E-state index contributed by atoms with van der Waals surface area (Å²) in [4.78, 5) is 12.7. The molecule has 0 heterocycles. The topological polar surface area (TPSA) is 110 Å². The van der Waals surface area contributed by atoms with Crippen molar-refractivity contribution in [1.82, 2.24) is 5.32 Å². The molecular weight excluding hydrogens is 923 g/mol. The number of nitrogens with one attached hydrogen (secondary N) is 1. The number of carbonyl (C=O) groups excluding carboxylic acids is 1. The molecule has 0 radical (unpaired) electrons. The van der Waals surface area contributed by atoms with Crippen molar-refractivity contribution < 1.29 is 25.2 Å². The van der Waals surface area contributed by atoms with Crippen LogP contribution in [0.25, 0.3) is 0 Å². The first-order chi connectivity index (χ1) is 37.0. The lowest BCUT2D eigenvalue weighted by Crippen LogP contribution is -2.53. The number of unbranched alkanes of at least 4 members (excludes halogenated alkanes) is 51. The van der Waals surface area contributed by atoms with Crippen LogP contribution in [0.1, 0.15) is 380 Å². The minimum absolute atomic E-state index is 0.370. The summed E-state index contributed by atoms with van der Waals surface area (Å²) in [6.45, 7) is 4.11. The number of amides is 1. The number of hydrogen-bond donors (Lipinski definition) is 5. The van der Waals surface area contributed by atoms with Crippen LogP contribution in [0.15, 0.2) is 24.3 Å². The molecule has 6 nitrogen and oxygen atoms in total. The van der Waals surface area contributed by atoms with E-state index < -0.39 is 36.9 Å². The molecule has 0 aromatic rings. The Morgan fingerprint density at radius 1 is 0.333 bits per heavy atom. The van der Waals surface area contributed by atoms with Gasteiger partial charge in [0.25, 0.3) is 0 Å². The zero-order valence-electron chi connectivity index (χ0n) is 50.8. The summed E-state index contributed by atoms with van der Waals surface area (Å²) in [7, 11) is 0. The fourth-order valence-electron chi connectivity index (χ4n) is 11.1. The van der Waals surface area contributed by atoms with E-state index in [9.17, 15) is 25.2 Å². The first-order valence-electron chi connectivity index (χ1n) is 34.2. The van der Waals surface area contributed by atoms with Crippen molar-refractivity contribution in [3.8, 4) is 0 Å². The van der Waals surface area contributed by atoms with Crippen molar-refractivity contribution in [1.29, 1.82) is 0 Å². The number of aliphatic hydroxyl groups excluding tert-OH is 4. The van der Waals surface area contributed by atoms with E-state index in [0.29, 0.717) is 12.8 Å². The first-order valence-corrected chi connectivity index (χ1v) is 34.2. The van der Waals surface area contributed by atoms with Crippen LogP contribution in [0.2, 0.25) is 0 Å². The molecule has 0 fully saturated rings. The molecule has 0 aromatic carbocycles. The molecule has 0 aromatic heterocycles. The minimum Gasteiger partial charge on any atom is -0.394 e. The van der Waals surface area contributed by atoms with Gasteiger partial charge in [0.1, 0.15) is 12.2 Å². The molecule has 4 atom stereocenters. The SMILES string of the molecule is CCCCCCCCCCC/C=C\C/C=C\CCCCCCCCCCCCCCC(O)C(=O)NC(CO)C(O)C(O)CCCCCCCCCCCCCCCCCCCCCCCCCCCCCCCCC. The lowest BCUT2D eigenvalue weighted by Gasteiger charge is -2.27. The van der Waals surface area contributed by atoms with Crippen LogP contribution in [0.3, 0.4) is 0 Å². The smallest absolute Gasteiger partial charge is 0.249 e. The minimum atomic E-state index is -1.26. The zero-order chi connectivity index (χ0) is 54.4. The molecule has 6 heteroatoms. The van der Waals surface area contributed by atoms with Gasteiger partial charge >= 0.3 is 0 Å². The van der Waals surface area contributed by atoms with Crippen LogP contribution in [0.4, 0.5) is 0 Å². The number of hydrogen-bond acceptors (Lipinski definition) is 5. The van der Waals surface area contributed by atoms with Crippen molar-refractivity contribution in [3.63, 3.8) is 0 Å². The number of allylic oxidation sites excluding steroid dienone is 4. The van der Waals surface area contributed by atoms with Gasteiger partial charge in [-0.3, -0.25) is 4.79 Å². The second-order valence-corrected chi connectivity index (χ2v) is 23.9. The molecule has 5 N–H and O–H groups in total. The van der Waals surface area contributed by atoms with Gasteiger partial charge in [0.05, 0.1) is 18.8 Å². The second-order valence-electron chi connectivity index (χ2n) is 23.9. The van der Waals surface area contributed by atoms with Gasteiger partial charge in [0, 0.05) is 0 Å². The summed E-state index contributed by atoms with van der Waals surface area (Å²) in [5, 5.41) is 44.2. The fraction of sp³-hybridized carbons (Fsp3) is 0.928. The van der Waals surface area contributed by atoms with Crippen molar-refractivity contribution >= 4 is 5.91 Å². The van der Waals surface area contributed by atoms with Crippen molar-refractivity contribution in [3.05, 3.63) is 24.3 Å². The normalized spacial score (nSPS) is 13.6. The maximum Gasteiger partial charge on any atom is 0.249 e. The molecule has 0 saturated heterocycles. The number of aliphatic hydroxyl groups is 4. The number of rotatable bonds is 64. The van der Waals surface area contributed by atoms with E-state index in [-0.39, 0.29) is 0 Å². The second kappa shape index (κ2) is 63.6. The van der Waals surface area contributed by atoms with Crippen molar-refractivity contribution in [2.45, 2.75) is 404 Å². The standard InChI is InChI=1S/C69H135NO5/c1-3-5-7-9-11-13-15-17-19-21-23-25-27-29-31-33-34-35-37-38-40-42-44-46-48-50-52-54-56-58-60-62-66(72)68(74)65(64-71)70-69(75)67(73)63-61-59-57-55-53-51-49-47-45-43-41-39-36-32-30-28-26-24-22-20-18-16-14-12-10-8-6-4-2/h24,26,30,32,65-68,71-74H,3-23,25,27-29,31,33-64H2,1-2H3,(H,70,75)/b26-24-,32-30-. The van der Waals surface area contributed by atoms with Gasteiger partial charge in [0.2, 0.25) is 5.91 Å². The molecule has 75 heavy (non-hydrogen) atoms. The summed E-state index contributed by atoms with van der Waals surface area (Å²) in [6.07, 6.45) is 80.1. The lowest BCUT2D eigenvalue weighted by molar-refractivity contribution is -0.132. The van der Waals surface area contributed by atoms with E-state index >= 15 is 0 Å². The first kappa shape index (κ1) is 73.8. The van der Waals surface area contributed by atoms with Gasteiger partial charge in [-0.15, -0.1) is 0 Å². The fourth-order valence-corrected chi connectivity index (χ4v) is 11.1. The highest BCUT2D eigenvalue weighted by Gasteiger charge is 2.28. The quantitative estimate of drug-likeness (QED) is 0.0308. The number of carbonyl (C=O) groups is 1. The predicted octanol–water partition coefficient (Wildman–Crippen LogP) is 20.9. The highest BCUT2D eigenvalue weighted by atomic mass is 16.3. The molecule has 0 aliphatic carbocycles. The maximum absolute atomic E-state index is 12.7. The van der Waals surface area contributed by atoms with Crippen molar-refractivity contribution in [2.24, 2.45) is 0 Å². The molecule has 4 unspecified atom stereocenters. The van der Waals surface area contributed by atoms with Crippen molar-refractivity contribution in [2.75, 3.05) is 6.61 Å². The van der Waals surface area contributed by atoms with Gasteiger partial charge in [-0.05, 0) is 44.9 Å². The molecular formula is C69H135NO5. The molecule has 0 aliphatic rings. The molecule has 0 spiro atoms. The Labute approximate surface area is 469 Å². The van der Waals surface area contributed by atoms with Crippen LogP contribution in [0.5, 0.6) is 0 Å². The molecule has 0 rings (SSSR count). The largest absolute Gasteiger partial charge is 0.394 e. The average Bonchev–Trinajstić information content (AvgIpc) is 3.42. The summed E-state index contributed by atoms with van der Waals surface area (Å²) < 4.78 is 0.